The maximum absolute atomic E-state index is 13.3. The van der Waals surface area contributed by atoms with E-state index in [2.05, 4.69) is 26.5 Å². The maximum Gasteiger partial charge on any atom is 0.255 e. The molecule has 0 saturated carbocycles. The Morgan fingerprint density at radius 3 is 2.50 bits per heavy atom. The summed E-state index contributed by atoms with van der Waals surface area (Å²) in [6, 6.07) is 18.2. The van der Waals surface area contributed by atoms with Gasteiger partial charge < -0.3 is 9.47 Å². The smallest absolute Gasteiger partial charge is 0.255 e. The summed E-state index contributed by atoms with van der Waals surface area (Å²) in [5.74, 6) is 0.633. The highest BCUT2D eigenvalue weighted by Gasteiger charge is 2.27. The van der Waals surface area contributed by atoms with Gasteiger partial charge in [-0.1, -0.05) is 39.7 Å². The molecule has 0 atom stereocenters. The number of hydrogen-bond donors (Lipinski definition) is 1. The van der Waals surface area contributed by atoms with Gasteiger partial charge in [-0.05, 0) is 65.7 Å². The topological polar surface area (TPSA) is 97.3 Å². The molecule has 1 aliphatic rings. The van der Waals surface area contributed by atoms with Crippen LogP contribution in [0.2, 0.25) is 5.02 Å². The number of rotatable bonds is 8. The molecule has 0 unspecified atom stereocenters. The zero-order chi connectivity index (χ0) is 24.1. The van der Waals surface area contributed by atoms with E-state index in [9.17, 15) is 13.2 Å². The molecule has 0 spiro atoms. The van der Waals surface area contributed by atoms with Crippen molar-refractivity contribution in [1.29, 1.82) is 0 Å². The van der Waals surface area contributed by atoms with E-state index in [1.165, 1.54) is 18.3 Å². The maximum atomic E-state index is 13.3. The molecule has 0 saturated heterocycles. The Morgan fingerprint density at radius 1 is 1.06 bits per heavy atom. The first-order chi connectivity index (χ1) is 16.3. The van der Waals surface area contributed by atoms with Crippen LogP contribution < -0.4 is 14.9 Å². The standard InChI is InChI=1S/C23H19BrClN3O5S/c24-18-4-8-20(9-5-18)34(30,31)28(13-16-1-6-19(25)7-2-16)14-23(29)27-26-12-17-3-10-21-22(11-17)33-15-32-21/h1-12H,13-15H2,(H,27,29)/b26-12-. The van der Waals surface area contributed by atoms with Crippen LogP contribution in [0.15, 0.2) is 81.2 Å². The number of ether oxygens (including phenoxy) is 2. The summed E-state index contributed by atoms with van der Waals surface area (Å²) in [6.07, 6.45) is 1.44. The van der Waals surface area contributed by atoms with Gasteiger partial charge in [0.15, 0.2) is 11.5 Å². The Bertz CT molecular complexity index is 1320. The quantitative estimate of drug-likeness (QED) is 0.327. The van der Waals surface area contributed by atoms with Crippen molar-refractivity contribution in [2.45, 2.75) is 11.4 Å². The third kappa shape index (κ3) is 5.95. The van der Waals surface area contributed by atoms with Gasteiger partial charge in [0, 0.05) is 16.0 Å². The molecule has 0 bridgehead atoms. The lowest BCUT2D eigenvalue weighted by atomic mass is 10.2. The molecule has 4 rings (SSSR count). The van der Waals surface area contributed by atoms with Gasteiger partial charge in [0.1, 0.15) is 0 Å². The van der Waals surface area contributed by atoms with Crippen LogP contribution in [0, 0.1) is 0 Å². The highest BCUT2D eigenvalue weighted by molar-refractivity contribution is 9.10. The molecule has 8 nitrogen and oxygen atoms in total. The van der Waals surface area contributed by atoms with Gasteiger partial charge in [-0.15, -0.1) is 0 Å². The van der Waals surface area contributed by atoms with Crippen LogP contribution in [0.5, 0.6) is 11.5 Å². The fourth-order valence-electron chi connectivity index (χ4n) is 3.14. The number of carbonyl (C=O) groups excluding carboxylic acids is 1. The van der Waals surface area contributed by atoms with Gasteiger partial charge in [0.25, 0.3) is 5.91 Å². The average molecular weight is 565 g/mol. The van der Waals surface area contributed by atoms with Crippen LogP contribution in [-0.4, -0.2) is 38.2 Å². The number of benzene rings is 3. The molecule has 0 fully saturated rings. The molecule has 1 amide bonds. The van der Waals surface area contributed by atoms with Crippen LogP contribution in [0.4, 0.5) is 0 Å². The summed E-state index contributed by atoms with van der Waals surface area (Å²) in [6.45, 7) is -0.294. The predicted octanol–water partition coefficient (Wildman–Crippen LogP) is 4.17. The van der Waals surface area contributed by atoms with Crippen LogP contribution in [0.1, 0.15) is 11.1 Å². The molecular weight excluding hydrogens is 546 g/mol. The minimum Gasteiger partial charge on any atom is -0.454 e. The Hall–Kier alpha value is -2.92. The number of hydrogen-bond acceptors (Lipinski definition) is 6. The molecule has 0 radical (unpaired) electrons. The number of nitrogens with one attached hydrogen (secondary N) is 1. The summed E-state index contributed by atoms with van der Waals surface area (Å²) in [5.41, 5.74) is 3.75. The van der Waals surface area contributed by atoms with E-state index >= 15 is 0 Å². The van der Waals surface area contributed by atoms with E-state index in [1.807, 2.05) is 0 Å². The number of nitrogens with zero attached hydrogens (tertiary/aromatic N) is 2. The van der Waals surface area contributed by atoms with Gasteiger partial charge in [-0.2, -0.15) is 9.41 Å². The lowest BCUT2D eigenvalue weighted by molar-refractivity contribution is -0.121. The third-order valence-electron chi connectivity index (χ3n) is 4.84. The first-order valence-electron chi connectivity index (χ1n) is 10.0. The highest BCUT2D eigenvalue weighted by Crippen LogP contribution is 2.32. The molecule has 1 heterocycles. The second kappa shape index (κ2) is 10.6. The summed E-state index contributed by atoms with van der Waals surface area (Å²) >= 11 is 9.24. The fraction of sp³-hybridized carbons (Fsp3) is 0.130. The number of halogens is 2. The normalized spacial score (nSPS) is 12.9. The van der Waals surface area contributed by atoms with E-state index in [-0.39, 0.29) is 18.2 Å². The SMILES string of the molecule is O=C(CN(Cc1ccc(Cl)cc1)S(=O)(=O)c1ccc(Br)cc1)N/N=C\c1ccc2c(c1)OCO2. The number of amides is 1. The number of carbonyl (C=O) groups is 1. The molecule has 1 N–H and O–H groups in total. The number of fused-ring (bicyclic) bond motifs is 1. The van der Waals surface area contributed by atoms with Gasteiger partial charge in [-0.25, -0.2) is 13.8 Å². The molecule has 34 heavy (non-hydrogen) atoms. The lowest BCUT2D eigenvalue weighted by Crippen LogP contribution is -2.39. The zero-order valence-corrected chi connectivity index (χ0v) is 20.8. The van der Waals surface area contributed by atoms with E-state index in [0.717, 1.165) is 8.78 Å². The molecule has 1 aliphatic heterocycles. The Kier molecular flexibility index (Phi) is 7.52. The van der Waals surface area contributed by atoms with E-state index < -0.39 is 22.5 Å². The second-order valence-electron chi connectivity index (χ2n) is 7.26. The van der Waals surface area contributed by atoms with Crippen molar-refractivity contribution in [3.05, 3.63) is 87.4 Å². The van der Waals surface area contributed by atoms with Gasteiger partial charge in [0.05, 0.1) is 17.7 Å². The van der Waals surface area contributed by atoms with Gasteiger partial charge >= 0.3 is 0 Å². The van der Waals surface area contributed by atoms with E-state index in [1.54, 1.807) is 54.6 Å². The second-order valence-corrected chi connectivity index (χ2v) is 10.5. The molecule has 0 aliphatic carbocycles. The Labute approximate surface area is 210 Å². The monoisotopic (exact) mass is 563 g/mol. The van der Waals surface area contributed by atoms with Crippen LogP contribution in [0.3, 0.4) is 0 Å². The number of hydrazone groups is 1. The van der Waals surface area contributed by atoms with Crippen molar-refractivity contribution in [1.82, 2.24) is 9.73 Å². The summed E-state index contributed by atoms with van der Waals surface area (Å²) in [7, 11) is -3.97. The molecular formula is C23H19BrClN3O5S. The van der Waals surface area contributed by atoms with Crippen LogP contribution in [0.25, 0.3) is 0 Å². The van der Waals surface area contributed by atoms with Crippen molar-refractivity contribution < 1.29 is 22.7 Å². The lowest BCUT2D eigenvalue weighted by Gasteiger charge is -2.21. The van der Waals surface area contributed by atoms with Gasteiger partial charge in [0.2, 0.25) is 16.8 Å². The first-order valence-corrected chi connectivity index (χ1v) is 12.6. The van der Waals surface area contributed by atoms with Crippen molar-refractivity contribution in [3.63, 3.8) is 0 Å². The fourth-order valence-corrected chi connectivity index (χ4v) is 4.92. The largest absolute Gasteiger partial charge is 0.454 e. The molecule has 3 aromatic carbocycles. The summed E-state index contributed by atoms with van der Waals surface area (Å²) in [5, 5.41) is 4.47. The van der Waals surface area contributed by atoms with Crippen molar-refractivity contribution in [2.24, 2.45) is 5.10 Å². The van der Waals surface area contributed by atoms with Crippen molar-refractivity contribution in [3.8, 4) is 11.5 Å². The summed E-state index contributed by atoms with van der Waals surface area (Å²) in [4.78, 5) is 12.7. The molecule has 0 aromatic heterocycles. The van der Waals surface area contributed by atoms with E-state index in [0.29, 0.717) is 27.6 Å². The van der Waals surface area contributed by atoms with Crippen molar-refractivity contribution in [2.75, 3.05) is 13.3 Å². The Morgan fingerprint density at radius 2 is 1.76 bits per heavy atom. The average Bonchev–Trinajstić information content (AvgIpc) is 3.28. The third-order valence-corrected chi connectivity index (χ3v) is 7.43. The van der Waals surface area contributed by atoms with Gasteiger partial charge in [-0.3, -0.25) is 4.79 Å². The minimum atomic E-state index is -3.97. The zero-order valence-electron chi connectivity index (χ0n) is 17.6. The van der Waals surface area contributed by atoms with Crippen LogP contribution in [-0.2, 0) is 21.4 Å². The summed E-state index contributed by atoms with van der Waals surface area (Å²) < 4.78 is 39.0. The highest BCUT2D eigenvalue weighted by atomic mass is 79.9. The van der Waals surface area contributed by atoms with Crippen molar-refractivity contribution >= 4 is 49.7 Å². The Balaban J connectivity index is 1.49. The first kappa shape index (κ1) is 24.2. The molecule has 176 valence electrons. The minimum absolute atomic E-state index is 0.0190. The van der Waals surface area contributed by atoms with E-state index in [4.69, 9.17) is 21.1 Å². The predicted molar refractivity (Wildman–Crippen MR) is 131 cm³/mol. The molecule has 3 aromatic rings. The van der Waals surface area contributed by atoms with Crippen LogP contribution >= 0.6 is 27.5 Å². The molecule has 11 heteroatoms. The number of sulfonamides is 1.